The molecule has 7 heterocycles. The van der Waals surface area contributed by atoms with E-state index in [0.717, 1.165) is 20.8 Å². The van der Waals surface area contributed by atoms with Crippen LogP contribution in [0, 0.1) is 5.92 Å². The first-order valence-electron chi connectivity index (χ1n) is 28.4. The molecule has 0 saturated carbocycles. The number of aliphatic hydroxyl groups excluding tert-OH is 19. The summed E-state index contributed by atoms with van der Waals surface area (Å²) < 4.78 is 76.7. The highest BCUT2D eigenvalue weighted by atomic mass is 16.8. The number of ether oxygens (including phenoxy) is 13. The monoisotopic (exact) mass is 1290 g/mol. The van der Waals surface area contributed by atoms with E-state index in [4.69, 9.17) is 61.6 Å². The van der Waals surface area contributed by atoms with Gasteiger partial charge in [0.25, 0.3) is 0 Å². The molecule has 3 amide bonds. The average Bonchev–Trinajstić information content (AvgIpc) is 1.53. The minimum Gasteiger partial charge on any atom is -0.396 e. The Kier molecular flexibility index (Phi) is 26.3. The van der Waals surface area contributed by atoms with Crippen molar-refractivity contribution >= 4 is 17.7 Å². The van der Waals surface area contributed by atoms with Crippen LogP contribution in [0.4, 0.5) is 0 Å². The molecule has 21 unspecified atom stereocenters. The summed E-state index contributed by atoms with van der Waals surface area (Å²) in [7, 11) is 0. The third-order valence-corrected chi connectivity index (χ3v) is 16.4. The maximum absolute atomic E-state index is 12.8. The number of carbonyl (C=O) groups excluding carboxylic acids is 3. The average molecular weight is 1290 g/mol. The first-order chi connectivity index (χ1) is 41.7. The van der Waals surface area contributed by atoms with Crippen molar-refractivity contribution in [1.82, 2.24) is 16.0 Å². The van der Waals surface area contributed by atoms with Gasteiger partial charge in [-0.3, -0.25) is 14.4 Å². The Morgan fingerprint density at radius 1 is 0.318 bits per heavy atom. The highest BCUT2D eigenvalue weighted by molar-refractivity contribution is 5.74. The number of amides is 3. The lowest BCUT2D eigenvalue weighted by Gasteiger charge is -2.51. The van der Waals surface area contributed by atoms with Crippen molar-refractivity contribution in [1.29, 1.82) is 0 Å². The summed E-state index contributed by atoms with van der Waals surface area (Å²) in [4.78, 5) is 37.6. The predicted octanol–water partition coefficient (Wildman–Crippen LogP) is -14.5. The van der Waals surface area contributed by atoms with Gasteiger partial charge in [-0.1, -0.05) is 0 Å². The van der Waals surface area contributed by atoms with Gasteiger partial charge in [0.15, 0.2) is 37.7 Å². The minimum absolute atomic E-state index is 0.581. The van der Waals surface area contributed by atoms with Gasteiger partial charge in [-0.15, -0.1) is 0 Å². The smallest absolute Gasteiger partial charge is 0.217 e. The summed E-state index contributed by atoms with van der Waals surface area (Å²) >= 11 is 0. The van der Waals surface area contributed by atoms with Gasteiger partial charge in [-0.05, 0) is 6.92 Å². The Morgan fingerprint density at radius 2 is 0.682 bits per heavy atom. The van der Waals surface area contributed by atoms with E-state index in [9.17, 15) is 111 Å². The van der Waals surface area contributed by atoms with Crippen LogP contribution in [0.25, 0.3) is 0 Å². The molecule has 7 fully saturated rings. The van der Waals surface area contributed by atoms with Crippen LogP contribution in [-0.4, -0.2) is 376 Å². The molecule has 0 bridgehead atoms. The molecular weight excluding hydrogens is 1200 g/mol. The van der Waals surface area contributed by atoms with Crippen LogP contribution >= 0.6 is 0 Å². The number of hydrogen-bond donors (Lipinski definition) is 22. The highest BCUT2D eigenvalue weighted by Gasteiger charge is 2.59. The Morgan fingerprint density at radius 3 is 1.16 bits per heavy atom. The maximum atomic E-state index is 12.8. The summed E-state index contributed by atoms with van der Waals surface area (Å²) in [5, 5.41) is 215. The Balaban J connectivity index is 1.19. The van der Waals surface area contributed by atoms with Gasteiger partial charge in [0, 0.05) is 26.7 Å². The van der Waals surface area contributed by atoms with E-state index < -0.39 is 285 Å². The fourth-order valence-electron chi connectivity index (χ4n) is 11.7. The van der Waals surface area contributed by atoms with Crippen LogP contribution in [0.3, 0.4) is 0 Å². The maximum Gasteiger partial charge on any atom is 0.217 e. The van der Waals surface area contributed by atoms with E-state index in [-0.39, 0.29) is 0 Å². The van der Waals surface area contributed by atoms with Crippen molar-refractivity contribution in [3.8, 4) is 0 Å². The summed E-state index contributed by atoms with van der Waals surface area (Å²) in [6.45, 7) is -2.74. The van der Waals surface area contributed by atoms with Crippen LogP contribution in [0.15, 0.2) is 0 Å². The third kappa shape index (κ3) is 15.8. The van der Waals surface area contributed by atoms with Crippen molar-refractivity contribution in [3.05, 3.63) is 0 Å². The first-order valence-corrected chi connectivity index (χ1v) is 28.4. The molecule has 0 aliphatic carbocycles. The second kappa shape index (κ2) is 31.8. The van der Waals surface area contributed by atoms with Gasteiger partial charge in [0.2, 0.25) is 17.7 Å². The number of hydrogen-bond acceptors (Lipinski definition) is 35. The molecule has 88 heavy (non-hydrogen) atoms. The predicted molar refractivity (Wildman–Crippen MR) is 275 cm³/mol. The molecule has 7 saturated heterocycles. The second-order valence-electron chi connectivity index (χ2n) is 22.5. The Hall–Kier alpha value is -2.87. The number of aliphatic hydroxyl groups is 19. The Bertz CT molecular complexity index is 2200. The van der Waals surface area contributed by atoms with E-state index in [2.05, 4.69) is 16.0 Å². The number of rotatable bonds is 23. The summed E-state index contributed by atoms with van der Waals surface area (Å²) in [6.07, 6.45) is -58.7. The van der Waals surface area contributed by atoms with E-state index in [1.54, 1.807) is 0 Å². The summed E-state index contributed by atoms with van der Waals surface area (Å²) in [6, 6.07) is -4.72. The first kappa shape index (κ1) is 72.6. The molecule has 35 atom stereocenters. The molecule has 7 aliphatic heterocycles. The Labute approximate surface area is 500 Å². The molecule has 0 spiro atoms. The van der Waals surface area contributed by atoms with Crippen LogP contribution in [0.2, 0.25) is 0 Å². The van der Waals surface area contributed by atoms with Crippen LogP contribution in [0.1, 0.15) is 27.7 Å². The lowest BCUT2D eigenvalue weighted by molar-refractivity contribution is -0.397. The van der Waals surface area contributed by atoms with Crippen molar-refractivity contribution < 1.29 is 173 Å². The topological polar surface area (TPSA) is 592 Å². The zero-order valence-electron chi connectivity index (χ0n) is 47.9. The molecule has 38 heteroatoms. The zero-order chi connectivity index (χ0) is 64.9. The van der Waals surface area contributed by atoms with Crippen molar-refractivity contribution in [3.63, 3.8) is 0 Å². The van der Waals surface area contributed by atoms with E-state index in [1.807, 2.05) is 0 Å². The molecule has 7 rings (SSSR count). The van der Waals surface area contributed by atoms with E-state index >= 15 is 0 Å². The van der Waals surface area contributed by atoms with Gasteiger partial charge in [0.05, 0.1) is 77.2 Å². The van der Waals surface area contributed by atoms with Crippen molar-refractivity contribution in [2.45, 2.75) is 236 Å². The van der Waals surface area contributed by atoms with Crippen LogP contribution in [0.5, 0.6) is 0 Å². The fraction of sp³-hybridized carbons (Fsp3) is 0.940. The van der Waals surface area contributed by atoms with Crippen molar-refractivity contribution in [2.75, 3.05) is 52.9 Å². The van der Waals surface area contributed by atoms with Gasteiger partial charge in [-0.2, -0.15) is 0 Å². The van der Waals surface area contributed by atoms with Crippen LogP contribution in [-0.2, 0) is 76.0 Å². The minimum atomic E-state index is -2.39. The second-order valence-corrected chi connectivity index (χ2v) is 22.5. The lowest BCUT2D eigenvalue weighted by atomic mass is 9.89. The van der Waals surface area contributed by atoms with Crippen LogP contribution < -0.4 is 16.0 Å². The molecule has 7 aliphatic rings. The van der Waals surface area contributed by atoms with E-state index in [1.165, 1.54) is 6.92 Å². The largest absolute Gasteiger partial charge is 0.396 e. The molecule has 0 radical (unpaired) electrons. The number of nitrogens with one attached hydrogen (secondary N) is 3. The molecule has 22 N–H and O–H groups in total. The molecule has 510 valence electrons. The van der Waals surface area contributed by atoms with Crippen molar-refractivity contribution in [2.24, 2.45) is 5.92 Å². The standard InChI is InChI=1S/C50H85N3O35/c1-13-25(51-14(2)61)32(68)40(21(9-58)77-13)84-45-26(52-15(3)62)33(69)42(23(11-60)81-45)86-49-39(75)43(31(67)24(83-49)12-76-47-38(74)35(71)29(65)19(7-56)79-47)87-50-44(36(72)30(66)20(8-57)80-50)88-46-27(53-16(4)63)34(70)41(22(10-59)82-46)85-48-37(73)28(64)17(5-54)18(6-55)78-48/h13,17-50,54-60,64-75H,5-12H2,1-4H3,(H,51,61)(H,52,62)(H,53,63)/t13-,17-,18?,19?,20?,21?,22?,23?,24?,25?,26?,27?,28?,29+,30+,31+,32?,33?,34?,35?,36?,37?,38?,39?,40+,41+,42+,43?,44?,45-,46-,47-,48-,49-,50+/m0/s1. The third-order valence-electron chi connectivity index (χ3n) is 16.4. The van der Waals surface area contributed by atoms with Gasteiger partial charge >= 0.3 is 0 Å². The van der Waals surface area contributed by atoms with Gasteiger partial charge in [0.1, 0.15) is 146 Å². The normalized spacial score (nSPS) is 48.5. The molecular formula is C50H85N3O35. The summed E-state index contributed by atoms with van der Waals surface area (Å²) in [5.41, 5.74) is 0. The van der Waals surface area contributed by atoms with Gasteiger partial charge in [-0.25, -0.2) is 0 Å². The quantitative estimate of drug-likeness (QED) is 0.0452. The lowest BCUT2D eigenvalue weighted by Crippen LogP contribution is -2.70. The fourth-order valence-corrected chi connectivity index (χ4v) is 11.7. The molecule has 0 aromatic carbocycles. The molecule has 0 aromatic rings. The SMILES string of the molecule is CC(=O)NC1C(O)[C@H](O[C@@H]2OC(CO[C@H]3OC(CO)[C@@H](O)C(O)C3O)[C@@H](O)C(O[C@H]3OC(CO)[C@@H](O)C(O)C3O[C@@H]3OC(CO)[C@@H](O[C@@H]4OC(CO)[C@H](CO)C(O)C4O)C(O)C3NC(C)=O)C2O)C(CO)O[C@H]1O[C@@H]1C(CO)O[C@@H](C)C(NC(C)=O)C1O. The molecule has 0 aromatic heterocycles. The van der Waals surface area contributed by atoms with E-state index in [0.29, 0.717) is 0 Å². The zero-order valence-corrected chi connectivity index (χ0v) is 47.9. The number of carbonyl (C=O) groups is 3. The molecule has 38 nitrogen and oxygen atoms in total. The van der Waals surface area contributed by atoms with Gasteiger partial charge < -0.3 is 175 Å². The summed E-state index contributed by atoms with van der Waals surface area (Å²) in [5.74, 6) is -3.51. The highest BCUT2D eigenvalue weighted by Crippen LogP contribution is 2.38.